The summed E-state index contributed by atoms with van der Waals surface area (Å²) in [5.74, 6) is -0.264. The summed E-state index contributed by atoms with van der Waals surface area (Å²) in [6, 6.07) is 4.63. The van der Waals surface area contributed by atoms with Gasteiger partial charge in [-0.15, -0.1) is 0 Å². The number of nitrogens with one attached hydrogen (secondary N) is 2. The van der Waals surface area contributed by atoms with E-state index in [0.29, 0.717) is 11.1 Å². The lowest BCUT2D eigenvalue weighted by molar-refractivity contribution is -0.385. The van der Waals surface area contributed by atoms with Crippen LogP contribution in [0.5, 0.6) is 0 Å². The Morgan fingerprint density at radius 1 is 1.53 bits per heavy atom. The molecule has 2 rings (SSSR count). The number of hydrogen-bond donors (Lipinski definition) is 2. The van der Waals surface area contributed by atoms with E-state index in [1.54, 1.807) is 19.1 Å². The van der Waals surface area contributed by atoms with Crippen molar-refractivity contribution < 1.29 is 9.72 Å². The van der Waals surface area contributed by atoms with Gasteiger partial charge >= 0.3 is 0 Å². The SMILES string of the molecule is Cc1ccc(C(=O)NC2CNC2)cc1[N+](=O)[O-]. The zero-order chi connectivity index (χ0) is 12.4. The molecule has 1 aliphatic heterocycles. The first-order valence-electron chi connectivity index (χ1n) is 5.34. The topological polar surface area (TPSA) is 84.3 Å². The number of benzene rings is 1. The van der Waals surface area contributed by atoms with E-state index >= 15 is 0 Å². The Hall–Kier alpha value is -1.95. The molecule has 6 nitrogen and oxygen atoms in total. The summed E-state index contributed by atoms with van der Waals surface area (Å²) >= 11 is 0. The van der Waals surface area contributed by atoms with Crippen molar-refractivity contribution >= 4 is 11.6 Å². The summed E-state index contributed by atoms with van der Waals surface area (Å²) in [7, 11) is 0. The van der Waals surface area contributed by atoms with E-state index in [2.05, 4.69) is 10.6 Å². The van der Waals surface area contributed by atoms with Gasteiger partial charge in [0.15, 0.2) is 0 Å². The number of amides is 1. The van der Waals surface area contributed by atoms with Gasteiger partial charge in [-0.2, -0.15) is 0 Å². The number of carbonyl (C=O) groups excluding carboxylic acids is 1. The lowest BCUT2D eigenvalue weighted by Gasteiger charge is -2.27. The highest BCUT2D eigenvalue weighted by Crippen LogP contribution is 2.19. The largest absolute Gasteiger partial charge is 0.347 e. The minimum absolute atomic E-state index is 0.0237. The number of aryl methyl sites for hydroxylation is 1. The summed E-state index contributed by atoms with van der Waals surface area (Å²) in [6.45, 7) is 3.15. The molecule has 0 aliphatic carbocycles. The molecule has 90 valence electrons. The van der Waals surface area contributed by atoms with E-state index in [0.717, 1.165) is 13.1 Å². The molecule has 1 heterocycles. The van der Waals surface area contributed by atoms with Crippen LogP contribution in [0.15, 0.2) is 18.2 Å². The van der Waals surface area contributed by atoms with E-state index in [9.17, 15) is 14.9 Å². The van der Waals surface area contributed by atoms with Gasteiger partial charge in [-0.25, -0.2) is 0 Å². The van der Waals surface area contributed by atoms with Gasteiger partial charge in [0.1, 0.15) is 0 Å². The Kier molecular flexibility index (Phi) is 3.06. The lowest BCUT2D eigenvalue weighted by atomic mass is 10.1. The van der Waals surface area contributed by atoms with Crippen LogP contribution in [0.3, 0.4) is 0 Å². The quantitative estimate of drug-likeness (QED) is 0.593. The molecular weight excluding hydrogens is 222 g/mol. The second-order valence-corrected chi connectivity index (χ2v) is 4.09. The number of hydrogen-bond acceptors (Lipinski definition) is 4. The van der Waals surface area contributed by atoms with Crippen molar-refractivity contribution in [2.75, 3.05) is 13.1 Å². The molecule has 1 fully saturated rings. The number of nitrogens with zero attached hydrogens (tertiary/aromatic N) is 1. The van der Waals surface area contributed by atoms with Crippen molar-refractivity contribution in [3.05, 3.63) is 39.4 Å². The molecule has 2 N–H and O–H groups in total. The highest BCUT2D eigenvalue weighted by Gasteiger charge is 2.21. The zero-order valence-electron chi connectivity index (χ0n) is 9.40. The second-order valence-electron chi connectivity index (χ2n) is 4.09. The standard InChI is InChI=1S/C11H13N3O3/c1-7-2-3-8(4-10(7)14(16)17)11(15)13-9-5-12-6-9/h2-4,9,12H,5-6H2,1H3,(H,13,15). The van der Waals surface area contributed by atoms with Crippen molar-refractivity contribution in [1.29, 1.82) is 0 Å². The van der Waals surface area contributed by atoms with Gasteiger partial charge < -0.3 is 10.6 Å². The molecule has 1 saturated heterocycles. The maximum Gasteiger partial charge on any atom is 0.273 e. The van der Waals surface area contributed by atoms with Crippen molar-refractivity contribution in [3.8, 4) is 0 Å². The fourth-order valence-corrected chi connectivity index (χ4v) is 1.61. The van der Waals surface area contributed by atoms with Gasteiger partial charge in [-0.1, -0.05) is 6.07 Å². The number of rotatable bonds is 3. The molecule has 0 spiro atoms. The Labute approximate surface area is 98.2 Å². The summed E-state index contributed by atoms with van der Waals surface area (Å²) in [5.41, 5.74) is 0.857. The molecule has 0 radical (unpaired) electrons. The summed E-state index contributed by atoms with van der Waals surface area (Å²) in [4.78, 5) is 22.0. The van der Waals surface area contributed by atoms with Crippen molar-refractivity contribution in [2.45, 2.75) is 13.0 Å². The number of nitro benzene ring substituents is 1. The second kappa shape index (κ2) is 4.50. The molecule has 0 unspecified atom stereocenters. The van der Waals surface area contributed by atoms with Gasteiger partial charge in [0.05, 0.1) is 11.0 Å². The highest BCUT2D eigenvalue weighted by atomic mass is 16.6. The van der Waals surface area contributed by atoms with E-state index in [4.69, 9.17) is 0 Å². The monoisotopic (exact) mass is 235 g/mol. The maximum absolute atomic E-state index is 11.8. The van der Waals surface area contributed by atoms with E-state index in [-0.39, 0.29) is 17.6 Å². The summed E-state index contributed by atoms with van der Waals surface area (Å²) in [5, 5.41) is 16.6. The van der Waals surface area contributed by atoms with Crippen LogP contribution in [-0.4, -0.2) is 30.0 Å². The Morgan fingerprint density at radius 3 is 2.76 bits per heavy atom. The molecule has 0 bridgehead atoms. The third-order valence-corrected chi connectivity index (χ3v) is 2.78. The first-order valence-corrected chi connectivity index (χ1v) is 5.34. The molecule has 1 amide bonds. The van der Waals surface area contributed by atoms with Crippen LogP contribution in [0.2, 0.25) is 0 Å². The molecule has 0 saturated carbocycles. The summed E-state index contributed by atoms with van der Waals surface area (Å²) in [6.07, 6.45) is 0. The van der Waals surface area contributed by atoms with Crippen molar-refractivity contribution in [2.24, 2.45) is 0 Å². The van der Waals surface area contributed by atoms with Gasteiger partial charge in [0.25, 0.3) is 11.6 Å². The molecule has 1 aromatic carbocycles. The third kappa shape index (κ3) is 2.42. The zero-order valence-corrected chi connectivity index (χ0v) is 9.40. The van der Waals surface area contributed by atoms with Crippen LogP contribution in [0, 0.1) is 17.0 Å². The Morgan fingerprint density at radius 2 is 2.24 bits per heavy atom. The molecule has 17 heavy (non-hydrogen) atoms. The summed E-state index contributed by atoms with van der Waals surface area (Å²) < 4.78 is 0. The van der Waals surface area contributed by atoms with Crippen LogP contribution in [0.25, 0.3) is 0 Å². The smallest absolute Gasteiger partial charge is 0.273 e. The predicted octanol–water partition coefficient (Wildman–Crippen LogP) is 0.605. The van der Waals surface area contributed by atoms with Gasteiger partial charge in [0.2, 0.25) is 0 Å². The first-order chi connectivity index (χ1) is 8.08. The number of carbonyl (C=O) groups is 1. The molecular formula is C11H13N3O3. The minimum Gasteiger partial charge on any atom is -0.347 e. The highest BCUT2D eigenvalue weighted by molar-refractivity contribution is 5.95. The van der Waals surface area contributed by atoms with Gasteiger partial charge in [-0.3, -0.25) is 14.9 Å². The van der Waals surface area contributed by atoms with Crippen LogP contribution in [-0.2, 0) is 0 Å². The van der Waals surface area contributed by atoms with Crippen LogP contribution >= 0.6 is 0 Å². The molecule has 1 aliphatic rings. The van der Waals surface area contributed by atoms with Crippen LogP contribution in [0.1, 0.15) is 15.9 Å². The predicted molar refractivity (Wildman–Crippen MR) is 62.0 cm³/mol. The maximum atomic E-state index is 11.8. The lowest BCUT2D eigenvalue weighted by Crippen LogP contribution is -2.56. The van der Waals surface area contributed by atoms with E-state index in [1.807, 2.05) is 0 Å². The molecule has 1 aromatic rings. The first kappa shape index (κ1) is 11.5. The Balaban J connectivity index is 2.17. The number of nitro groups is 1. The van der Waals surface area contributed by atoms with E-state index < -0.39 is 4.92 Å². The molecule has 6 heteroatoms. The van der Waals surface area contributed by atoms with Crippen molar-refractivity contribution in [3.63, 3.8) is 0 Å². The average molecular weight is 235 g/mol. The van der Waals surface area contributed by atoms with Crippen molar-refractivity contribution in [1.82, 2.24) is 10.6 Å². The molecule has 0 aromatic heterocycles. The fraction of sp³-hybridized carbons (Fsp3) is 0.364. The van der Waals surface area contributed by atoms with Gasteiger partial charge in [0, 0.05) is 30.3 Å². The normalized spacial score (nSPS) is 15.1. The molecule has 0 atom stereocenters. The third-order valence-electron chi connectivity index (χ3n) is 2.78. The van der Waals surface area contributed by atoms with Crippen LogP contribution < -0.4 is 10.6 Å². The van der Waals surface area contributed by atoms with E-state index in [1.165, 1.54) is 6.07 Å². The van der Waals surface area contributed by atoms with Crippen LogP contribution in [0.4, 0.5) is 5.69 Å². The average Bonchev–Trinajstić information content (AvgIpc) is 2.23. The van der Waals surface area contributed by atoms with Gasteiger partial charge in [-0.05, 0) is 13.0 Å². The Bertz CT molecular complexity index is 469. The minimum atomic E-state index is -0.475. The fourth-order valence-electron chi connectivity index (χ4n) is 1.61.